The molecule has 1 aromatic heterocycles. The molecular weight excluding hydrogens is 437 g/mol. The van der Waals surface area contributed by atoms with Gasteiger partial charge in [-0.2, -0.15) is 0 Å². The van der Waals surface area contributed by atoms with Crippen LogP contribution >= 0.6 is 0 Å². The summed E-state index contributed by atoms with van der Waals surface area (Å²) in [7, 11) is -4.02. The summed E-state index contributed by atoms with van der Waals surface area (Å²) in [5.74, 6) is 0.225. The molecule has 0 saturated carbocycles. The standard InChI is InChI=1S/C19H15F3N4O4S/c20-19(21,22)30-14-5-7-15(8-6-14)31(27,28)25-12-1-3-13(4-2-12)26-11-24-18-16(17(26)23)9-10-29-18/h1-10,23-25H,11H2. The lowest BCUT2D eigenvalue weighted by atomic mass is 10.2. The molecule has 0 spiro atoms. The molecule has 31 heavy (non-hydrogen) atoms. The maximum absolute atomic E-state index is 12.5. The summed E-state index contributed by atoms with van der Waals surface area (Å²) in [6, 6.07) is 11.9. The van der Waals surface area contributed by atoms with Crippen molar-refractivity contribution in [3.8, 4) is 5.75 Å². The van der Waals surface area contributed by atoms with E-state index < -0.39 is 22.1 Å². The summed E-state index contributed by atoms with van der Waals surface area (Å²) < 4.78 is 73.0. The van der Waals surface area contributed by atoms with Crippen molar-refractivity contribution < 1.29 is 30.7 Å². The van der Waals surface area contributed by atoms with Crippen molar-refractivity contribution in [3.05, 3.63) is 66.4 Å². The highest BCUT2D eigenvalue weighted by molar-refractivity contribution is 7.92. The summed E-state index contributed by atoms with van der Waals surface area (Å²) in [6.07, 6.45) is -3.38. The average molecular weight is 452 g/mol. The highest BCUT2D eigenvalue weighted by atomic mass is 32.2. The van der Waals surface area contributed by atoms with E-state index in [9.17, 15) is 21.6 Å². The van der Waals surface area contributed by atoms with E-state index in [4.69, 9.17) is 9.83 Å². The zero-order valence-electron chi connectivity index (χ0n) is 15.6. The molecule has 0 amide bonds. The lowest BCUT2D eigenvalue weighted by Crippen LogP contribution is -2.39. The molecule has 0 saturated heterocycles. The number of sulfonamides is 1. The third kappa shape index (κ3) is 4.43. The van der Waals surface area contributed by atoms with E-state index >= 15 is 0 Å². The molecule has 8 nitrogen and oxygen atoms in total. The molecule has 0 aliphatic carbocycles. The second-order valence-electron chi connectivity index (χ2n) is 6.45. The predicted octanol–water partition coefficient (Wildman–Crippen LogP) is 4.19. The Balaban J connectivity index is 1.47. The molecule has 0 fully saturated rings. The Morgan fingerprint density at radius 2 is 1.74 bits per heavy atom. The smallest absolute Gasteiger partial charge is 0.448 e. The Bertz CT molecular complexity index is 1210. The highest BCUT2D eigenvalue weighted by Crippen LogP contribution is 2.29. The molecular formula is C19H15F3N4O4S. The van der Waals surface area contributed by atoms with Gasteiger partial charge in [0.2, 0.25) is 5.88 Å². The zero-order chi connectivity index (χ0) is 22.2. The van der Waals surface area contributed by atoms with E-state index in [1.165, 1.54) is 18.4 Å². The first-order valence-electron chi connectivity index (χ1n) is 8.79. The van der Waals surface area contributed by atoms with Crippen LogP contribution in [-0.4, -0.2) is 27.3 Å². The minimum absolute atomic E-state index is 0.222. The van der Waals surface area contributed by atoms with E-state index in [1.807, 2.05) is 0 Å². The number of rotatable bonds is 5. The molecule has 2 aromatic carbocycles. The van der Waals surface area contributed by atoms with Crippen LogP contribution in [0, 0.1) is 5.41 Å². The van der Waals surface area contributed by atoms with Crippen LogP contribution < -0.4 is 19.7 Å². The van der Waals surface area contributed by atoms with Crippen molar-refractivity contribution in [1.29, 1.82) is 5.41 Å². The fraction of sp³-hybridized carbons (Fsp3) is 0.105. The van der Waals surface area contributed by atoms with Crippen LogP contribution in [-0.2, 0) is 10.0 Å². The SMILES string of the molecule is N=C1c2ccoc2NCN1c1ccc(NS(=O)(=O)c2ccc(OC(F)(F)F)cc2)cc1. The topological polar surface area (TPSA) is 108 Å². The van der Waals surface area contributed by atoms with E-state index in [-0.39, 0.29) is 16.4 Å². The normalized spacial score (nSPS) is 14.0. The predicted molar refractivity (Wildman–Crippen MR) is 107 cm³/mol. The van der Waals surface area contributed by atoms with Crippen LogP contribution in [0.5, 0.6) is 5.75 Å². The largest absolute Gasteiger partial charge is 0.573 e. The van der Waals surface area contributed by atoms with Crippen LogP contribution in [0.3, 0.4) is 0 Å². The van der Waals surface area contributed by atoms with Gasteiger partial charge in [0, 0.05) is 11.4 Å². The Hall–Kier alpha value is -3.67. The Labute approximate surface area is 174 Å². The summed E-state index contributed by atoms with van der Waals surface area (Å²) in [6.45, 7) is 0.302. The number of halogens is 3. The molecule has 0 atom stereocenters. The number of hydrogen-bond acceptors (Lipinski definition) is 6. The number of nitrogens with one attached hydrogen (secondary N) is 3. The second kappa shape index (κ2) is 7.54. The van der Waals surface area contributed by atoms with Crippen molar-refractivity contribution in [1.82, 2.24) is 0 Å². The van der Waals surface area contributed by atoms with Gasteiger partial charge in [0.1, 0.15) is 11.6 Å². The van der Waals surface area contributed by atoms with Crippen molar-refractivity contribution >= 4 is 33.1 Å². The van der Waals surface area contributed by atoms with E-state index in [0.29, 0.717) is 23.8 Å². The van der Waals surface area contributed by atoms with E-state index in [1.54, 1.807) is 23.1 Å². The monoisotopic (exact) mass is 452 g/mol. The van der Waals surface area contributed by atoms with Gasteiger partial charge in [-0.05, 0) is 54.6 Å². The second-order valence-corrected chi connectivity index (χ2v) is 8.13. The fourth-order valence-electron chi connectivity index (χ4n) is 2.97. The quantitative estimate of drug-likeness (QED) is 0.536. The third-order valence-corrected chi connectivity index (χ3v) is 5.78. The van der Waals surface area contributed by atoms with Gasteiger partial charge in [-0.25, -0.2) is 8.42 Å². The van der Waals surface area contributed by atoms with Crippen molar-refractivity contribution in [2.75, 3.05) is 21.6 Å². The van der Waals surface area contributed by atoms with Crippen LogP contribution in [0.1, 0.15) is 5.56 Å². The average Bonchev–Trinajstić information content (AvgIpc) is 3.18. The third-order valence-electron chi connectivity index (χ3n) is 4.39. The molecule has 0 unspecified atom stereocenters. The lowest BCUT2D eigenvalue weighted by molar-refractivity contribution is -0.274. The number of benzene rings is 2. The first-order chi connectivity index (χ1) is 14.6. The maximum atomic E-state index is 12.5. The number of fused-ring (bicyclic) bond motifs is 1. The van der Waals surface area contributed by atoms with E-state index in [0.717, 1.165) is 24.3 Å². The molecule has 1 aliphatic heterocycles. The number of anilines is 3. The number of furan rings is 1. The van der Waals surface area contributed by atoms with Crippen LogP contribution in [0.4, 0.5) is 30.4 Å². The van der Waals surface area contributed by atoms with Crippen LogP contribution in [0.15, 0.2) is 70.2 Å². The maximum Gasteiger partial charge on any atom is 0.573 e. The van der Waals surface area contributed by atoms with Crippen molar-refractivity contribution in [2.24, 2.45) is 0 Å². The van der Waals surface area contributed by atoms with Crippen molar-refractivity contribution in [2.45, 2.75) is 11.3 Å². The summed E-state index contributed by atoms with van der Waals surface area (Å²) in [5, 5.41) is 11.3. The van der Waals surface area contributed by atoms with Gasteiger partial charge >= 0.3 is 6.36 Å². The molecule has 3 N–H and O–H groups in total. The van der Waals surface area contributed by atoms with Crippen LogP contribution in [0.25, 0.3) is 0 Å². The Morgan fingerprint density at radius 3 is 2.39 bits per heavy atom. The lowest BCUT2D eigenvalue weighted by Gasteiger charge is -2.29. The van der Waals surface area contributed by atoms with Gasteiger partial charge in [-0.15, -0.1) is 13.2 Å². The Kier molecular flexibility index (Phi) is 5.01. The molecule has 1 aliphatic rings. The molecule has 0 radical (unpaired) electrons. The minimum Gasteiger partial charge on any atom is -0.448 e. The molecule has 0 bridgehead atoms. The summed E-state index contributed by atoms with van der Waals surface area (Å²) >= 11 is 0. The number of hydrogen-bond donors (Lipinski definition) is 3. The Morgan fingerprint density at radius 1 is 1.06 bits per heavy atom. The number of ether oxygens (including phenoxy) is 1. The molecule has 3 aromatic rings. The van der Waals surface area contributed by atoms with Gasteiger partial charge in [-0.1, -0.05) is 0 Å². The minimum atomic E-state index is -4.86. The van der Waals surface area contributed by atoms with Gasteiger partial charge in [0.15, 0.2) is 0 Å². The molecule has 4 rings (SSSR count). The molecule has 12 heteroatoms. The first kappa shape index (κ1) is 20.6. The first-order valence-corrected chi connectivity index (χ1v) is 10.3. The highest BCUT2D eigenvalue weighted by Gasteiger charge is 2.31. The molecule has 162 valence electrons. The van der Waals surface area contributed by atoms with E-state index in [2.05, 4.69) is 14.8 Å². The van der Waals surface area contributed by atoms with Gasteiger partial charge in [0.25, 0.3) is 10.0 Å². The van der Waals surface area contributed by atoms with Crippen molar-refractivity contribution in [3.63, 3.8) is 0 Å². The zero-order valence-corrected chi connectivity index (χ0v) is 16.4. The number of amidine groups is 1. The van der Waals surface area contributed by atoms with Gasteiger partial charge < -0.3 is 19.4 Å². The van der Waals surface area contributed by atoms with Crippen LogP contribution in [0.2, 0.25) is 0 Å². The summed E-state index contributed by atoms with van der Waals surface area (Å²) in [5.41, 5.74) is 1.51. The molecule has 2 heterocycles. The van der Waals surface area contributed by atoms with Gasteiger partial charge in [0.05, 0.1) is 23.4 Å². The summed E-state index contributed by atoms with van der Waals surface area (Å²) in [4.78, 5) is 1.45. The van der Waals surface area contributed by atoms with Gasteiger partial charge in [-0.3, -0.25) is 10.1 Å². The fourth-order valence-corrected chi connectivity index (χ4v) is 4.03. The number of alkyl halides is 3. The number of nitrogens with zero attached hydrogens (tertiary/aromatic N) is 1.